The van der Waals surface area contributed by atoms with Crippen molar-refractivity contribution in [2.75, 3.05) is 18.9 Å². The van der Waals surface area contributed by atoms with Gasteiger partial charge in [-0.25, -0.2) is 0 Å². The Kier molecular flexibility index (Phi) is 4.14. The van der Waals surface area contributed by atoms with E-state index in [0.717, 1.165) is 12.8 Å². The molecule has 0 atom stereocenters. The lowest BCUT2D eigenvalue weighted by Crippen LogP contribution is -2.39. The number of aliphatic hydroxyl groups excluding tert-OH is 1. The van der Waals surface area contributed by atoms with Gasteiger partial charge < -0.3 is 20.3 Å². The lowest BCUT2D eigenvalue weighted by Gasteiger charge is -2.27. The van der Waals surface area contributed by atoms with E-state index >= 15 is 0 Å². The second kappa shape index (κ2) is 5.65. The molecule has 1 amide bonds. The number of aliphatic hydroxyl groups is 1. The third kappa shape index (κ3) is 3.10. The van der Waals surface area contributed by atoms with Gasteiger partial charge in [-0.15, -0.1) is 0 Å². The second-order valence-electron chi connectivity index (χ2n) is 5.47. The second-order valence-corrected chi connectivity index (χ2v) is 5.47. The highest BCUT2D eigenvalue weighted by Crippen LogP contribution is 2.37. The quantitative estimate of drug-likeness (QED) is 0.821. The minimum atomic E-state index is 0.00653. The number of anilines is 1. The van der Waals surface area contributed by atoms with Crippen LogP contribution in [0.1, 0.15) is 49.6 Å². The fraction of sp³-hybridized carbons (Fsp3) is 0.643. The molecule has 0 spiro atoms. The Bertz CT molecular complexity index is 450. The molecule has 0 saturated heterocycles. The molecule has 19 heavy (non-hydrogen) atoms. The van der Waals surface area contributed by atoms with E-state index in [9.17, 15) is 4.79 Å². The summed E-state index contributed by atoms with van der Waals surface area (Å²) >= 11 is 0. The Morgan fingerprint density at radius 1 is 1.58 bits per heavy atom. The summed E-state index contributed by atoms with van der Waals surface area (Å²) < 4.78 is 2.01. The van der Waals surface area contributed by atoms with Crippen LogP contribution < -0.4 is 5.73 Å². The Balaban J connectivity index is 2.20. The molecular formula is C14H23N3O2. The Morgan fingerprint density at radius 2 is 2.26 bits per heavy atom. The summed E-state index contributed by atoms with van der Waals surface area (Å²) in [6.45, 7) is 4.65. The molecular weight excluding hydrogens is 242 g/mol. The van der Waals surface area contributed by atoms with E-state index in [1.807, 2.05) is 24.6 Å². The van der Waals surface area contributed by atoms with E-state index in [-0.39, 0.29) is 18.6 Å². The van der Waals surface area contributed by atoms with Crippen LogP contribution >= 0.6 is 0 Å². The number of amides is 1. The van der Waals surface area contributed by atoms with E-state index in [4.69, 9.17) is 10.8 Å². The Morgan fingerprint density at radius 3 is 2.79 bits per heavy atom. The van der Waals surface area contributed by atoms with Gasteiger partial charge in [0.25, 0.3) is 5.91 Å². The number of hydrogen-bond donors (Lipinski definition) is 2. The standard InChI is InChI=1S/C14H23N3O2/c1-10(2)16(6-3-7-18)14(19)13-8-11(15)9-17(13)12-4-5-12/h8-10,12,18H,3-7,15H2,1-2H3. The van der Waals surface area contributed by atoms with Gasteiger partial charge in [0.05, 0.1) is 5.69 Å². The van der Waals surface area contributed by atoms with Gasteiger partial charge in [-0.1, -0.05) is 0 Å². The van der Waals surface area contributed by atoms with Gasteiger partial charge in [-0.05, 0) is 39.2 Å². The van der Waals surface area contributed by atoms with E-state index in [1.54, 1.807) is 11.0 Å². The van der Waals surface area contributed by atoms with Crippen LogP contribution in [0.25, 0.3) is 0 Å². The third-order valence-electron chi connectivity index (χ3n) is 3.47. The third-order valence-corrected chi connectivity index (χ3v) is 3.47. The van der Waals surface area contributed by atoms with Crippen molar-refractivity contribution < 1.29 is 9.90 Å². The molecule has 0 aromatic carbocycles. The highest BCUT2D eigenvalue weighted by atomic mass is 16.3. The lowest BCUT2D eigenvalue weighted by atomic mass is 10.2. The zero-order chi connectivity index (χ0) is 14.0. The molecule has 106 valence electrons. The molecule has 5 nitrogen and oxygen atoms in total. The van der Waals surface area contributed by atoms with Crippen LogP contribution in [0.5, 0.6) is 0 Å². The summed E-state index contributed by atoms with van der Waals surface area (Å²) in [6, 6.07) is 2.31. The molecule has 1 aliphatic carbocycles. The molecule has 3 N–H and O–H groups in total. The maximum atomic E-state index is 12.6. The largest absolute Gasteiger partial charge is 0.397 e. The van der Waals surface area contributed by atoms with Crippen LogP contribution in [-0.4, -0.2) is 39.7 Å². The highest BCUT2D eigenvalue weighted by molar-refractivity contribution is 5.94. The summed E-state index contributed by atoms with van der Waals surface area (Å²) in [5.41, 5.74) is 7.14. The molecule has 1 aromatic rings. The van der Waals surface area contributed by atoms with E-state index < -0.39 is 0 Å². The highest BCUT2D eigenvalue weighted by Gasteiger charge is 2.30. The summed E-state index contributed by atoms with van der Waals surface area (Å²) in [6.07, 6.45) is 4.69. The van der Waals surface area contributed by atoms with Gasteiger partial charge in [-0.2, -0.15) is 0 Å². The maximum Gasteiger partial charge on any atom is 0.270 e. The molecule has 2 rings (SSSR count). The average Bonchev–Trinajstić information content (AvgIpc) is 3.12. The first-order valence-corrected chi connectivity index (χ1v) is 6.93. The molecule has 1 aliphatic rings. The smallest absolute Gasteiger partial charge is 0.270 e. The van der Waals surface area contributed by atoms with Crippen LogP contribution in [0.3, 0.4) is 0 Å². The number of rotatable bonds is 6. The predicted octanol–water partition coefficient (Wildman–Crippen LogP) is 1.64. The van der Waals surface area contributed by atoms with Crippen LogP contribution in [-0.2, 0) is 0 Å². The fourth-order valence-electron chi connectivity index (χ4n) is 2.31. The molecule has 0 radical (unpaired) electrons. The number of nitrogens with two attached hydrogens (primary N) is 1. The molecule has 1 saturated carbocycles. The first kappa shape index (κ1) is 13.9. The van der Waals surface area contributed by atoms with Crippen molar-refractivity contribution in [2.45, 2.75) is 45.2 Å². The zero-order valence-corrected chi connectivity index (χ0v) is 11.7. The molecule has 5 heteroatoms. The van der Waals surface area contributed by atoms with Crippen molar-refractivity contribution in [2.24, 2.45) is 0 Å². The van der Waals surface area contributed by atoms with Crippen LogP contribution in [0.15, 0.2) is 12.3 Å². The summed E-state index contributed by atoms with van der Waals surface area (Å²) in [5.74, 6) is 0.00653. The topological polar surface area (TPSA) is 71.5 Å². The number of aromatic nitrogens is 1. The van der Waals surface area contributed by atoms with Crippen LogP contribution in [0, 0.1) is 0 Å². The SMILES string of the molecule is CC(C)N(CCCO)C(=O)c1cc(N)cn1C1CC1. The van der Waals surface area contributed by atoms with E-state index in [1.165, 1.54) is 0 Å². The number of carbonyl (C=O) groups is 1. The molecule has 0 aliphatic heterocycles. The van der Waals surface area contributed by atoms with Crippen LogP contribution in [0.4, 0.5) is 5.69 Å². The van der Waals surface area contributed by atoms with Crippen molar-refractivity contribution in [1.29, 1.82) is 0 Å². The number of nitrogen functional groups attached to an aromatic ring is 1. The van der Waals surface area contributed by atoms with Gasteiger partial charge in [0.1, 0.15) is 5.69 Å². The number of nitrogens with zero attached hydrogens (tertiary/aromatic N) is 2. The lowest BCUT2D eigenvalue weighted by molar-refractivity contribution is 0.0682. The first-order valence-electron chi connectivity index (χ1n) is 6.93. The average molecular weight is 265 g/mol. The Hall–Kier alpha value is -1.49. The van der Waals surface area contributed by atoms with Crippen molar-refractivity contribution in [3.05, 3.63) is 18.0 Å². The molecule has 0 bridgehead atoms. The van der Waals surface area contributed by atoms with Crippen molar-refractivity contribution in [3.63, 3.8) is 0 Å². The summed E-state index contributed by atoms with van der Waals surface area (Å²) in [7, 11) is 0. The minimum Gasteiger partial charge on any atom is -0.397 e. The molecule has 0 unspecified atom stereocenters. The minimum absolute atomic E-state index is 0.00653. The van der Waals surface area contributed by atoms with Gasteiger partial charge in [-0.3, -0.25) is 4.79 Å². The molecule has 1 heterocycles. The monoisotopic (exact) mass is 265 g/mol. The van der Waals surface area contributed by atoms with Gasteiger partial charge >= 0.3 is 0 Å². The van der Waals surface area contributed by atoms with Crippen LogP contribution in [0.2, 0.25) is 0 Å². The van der Waals surface area contributed by atoms with Crippen molar-refractivity contribution in [1.82, 2.24) is 9.47 Å². The van der Waals surface area contributed by atoms with Gasteiger partial charge in [0.15, 0.2) is 0 Å². The number of carbonyl (C=O) groups excluding carboxylic acids is 1. The van der Waals surface area contributed by atoms with Gasteiger partial charge in [0.2, 0.25) is 0 Å². The van der Waals surface area contributed by atoms with Gasteiger partial charge in [0, 0.05) is 31.4 Å². The van der Waals surface area contributed by atoms with Crippen molar-refractivity contribution in [3.8, 4) is 0 Å². The predicted molar refractivity (Wildman–Crippen MR) is 75.0 cm³/mol. The van der Waals surface area contributed by atoms with E-state index in [2.05, 4.69) is 0 Å². The molecule has 1 fully saturated rings. The summed E-state index contributed by atoms with van der Waals surface area (Å²) in [4.78, 5) is 14.4. The maximum absolute atomic E-state index is 12.6. The normalized spacial score (nSPS) is 14.9. The summed E-state index contributed by atoms with van der Waals surface area (Å²) in [5, 5.41) is 8.94. The Labute approximate surface area is 114 Å². The van der Waals surface area contributed by atoms with Crippen molar-refractivity contribution >= 4 is 11.6 Å². The zero-order valence-electron chi connectivity index (χ0n) is 11.7. The fourth-order valence-corrected chi connectivity index (χ4v) is 2.31. The first-order chi connectivity index (χ1) is 9.04. The molecule has 1 aromatic heterocycles. The number of hydrogen-bond acceptors (Lipinski definition) is 3. The van der Waals surface area contributed by atoms with E-state index in [0.29, 0.717) is 30.4 Å².